The molecule has 8 heteroatoms. The van der Waals surface area contributed by atoms with E-state index in [-0.39, 0.29) is 18.4 Å². The summed E-state index contributed by atoms with van der Waals surface area (Å²) in [5.41, 5.74) is 2.13. The summed E-state index contributed by atoms with van der Waals surface area (Å²) < 4.78 is 14.6. The zero-order chi connectivity index (χ0) is 17.8. The molecular formula is C18H24ClN5O2. The number of halogens is 1. The number of hydrogen-bond acceptors (Lipinski definition) is 5. The predicted octanol–water partition coefficient (Wildman–Crippen LogP) is 2.47. The van der Waals surface area contributed by atoms with Gasteiger partial charge in [-0.2, -0.15) is 5.10 Å². The van der Waals surface area contributed by atoms with E-state index in [1.807, 2.05) is 55.5 Å². The van der Waals surface area contributed by atoms with Crippen LogP contribution in [0.4, 0.5) is 0 Å². The molecule has 0 aliphatic rings. The van der Waals surface area contributed by atoms with Crippen molar-refractivity contribution in [3.05, 3.63) is 59.9 Å². The molecule has 0 aliphatic heterocycles. The molecule has 2 heterocycles. The number of nitrogens with one attached hydrogen (secondary N) is 1. The molecule has 7 nitrogen and oxygen atoms in total. The van der Waals surface area contributed by atoms with Gasteiger partial charge in [-0.25, -0.2) is 4.98 Å². The van der Waals surface area contributed by atoms with Crippen LogP contribution < -0.4 is 14.8 Å². The molecule has 26 heavy (non-hydrogen) atoms. The second-order valence-corrected chi connectivity index (χ2v) is 5.88. The lowest BCUT2D eigenvalue weighted by atomic mass is 10.0. The highest BCUT2D eigenvalue weighted by Crippen LogP contribution is 2.29. The number of ether oxygens (including phenoxy) is 2. The Labute approximate surface area is 159 Å². The number of hydrogen-bond donors (Lipinski definition) is 1. The third-order valence-corrected chi connectivity index (χ3v) is 4.09. The Kier molecular flexibility index (Phi) is 6.65. The van der Waals surface area contributed by atoms with Gasteiger partial charge in [-0.3, -0.25) is 10.00 Å². The minimum Gasteiger partial charge on any atom is -0.497 e. The smallest absolute Gasteiger partial charge is 0.130 e. The quantitative estimate of drug-likeness (QED) is 0.685. The second kappa shape index (κ2) is 8.73. The average Bonchev–Trinajstić information content (AvgIpc) is 3.23. The molecule has 140 valence electrons. The Balaban J connectivity index is 0.00000243. The van der Waals surface area contributed by atoms with Gasteiger partial charge in [0.25, 0.3) is 0 Å². The van der Waals surface area contributed by atoms with E-state index in [9.17, 15) is 0 Å². The normalized spacial score (nSPS) is 11.7. The number of benzene rings is 1. The molecule has 1 aromatic carbocycles. The monoisotopic (exact) mass is 377 g/mol. The largest absolute Gasteiger partial charge is 0.497 e. The molecule has 3 aromatic rings. The van der Waals surface area contributed by atoms with Gasteiger partial charge in [-0.15, -0.1) is 12.4 Å². The van der Waals surface area contributed by atoms with Gasteiger partial charge in [0.15, 0.2) is 0 Å². The molecule has 0 fully saturated rings. The molecule has 2 aromatic heterocycles. The highest BCUT2D eigenvalue weighted by atomic mass is 35.5. The zero-order valence-corrected chi connectivity index (χ0v) is 16.2. The maximum Gasteiger partial charge on any atom is 0.130 e. The van der Waals surface area contributed by atoms with Gasteiger partial charge in [0.05, 0.1) is 26.5 Å². The Morgan fingerprint density at radius 2 is 1.81 bits per heavy atom. The van der Waals surface area contributed by atoms with Gasteiger partial charge in [-0.1, -0.05) is 0 Å². The number of aryl methyl sites for hydroxylation is 2. The first-order valence-corrected chi connectivity index (χ1v) is 8.02. The van der Waals surface area contributed by atoms with E-state index in [4.69, 9.17) is 9.47 Å². The van der Waals surface area contributed by atoms with Crippen LogP contribution in [0.1, 0.15) is 23.0 Å². The topological polar surface area (TPSA) is 66.1 Å². The van der Waals surface area contributed by atoms with Crippen molar-refractivity contribution in [3.63, 3.8) is 0 Å². The Morgan fingerprint density at radius 3 is 2.31 bits per heavy atom. The van der Waals surface area contributed by atoms with E-state index in [1.54, 1.807) is 25.1 Å². The second-order valence-electron chi connectivity index (χ2n) is 5.88. The molecule has 1 atom stereocenters. The lowest BCUT2D eigenvalue weighted by Crippen LogP contribution is -2.24. The van der Waals surface area contributed by atoms with Crippen LogP contribution in [0.3, 0.4) is 0 Å². The Morgan fingerprint density at radius 1 is 1.12 bits per heavy atom. The number of methoxy groups -OCH3 is 2. The molecule has 0 aliphatic carbocycles. The van der Waals surface area contributed by atoms with Crippen molar-refractivity contribution in [2.75, 3.05) is 14.2 Å². The molecule has 1 unspecified atom stereocenters. The molecule has 3 rings (SSSR count). The molecule has 0 saturated carbocycles. The molecular weight excluding hydrogens is 354 g/mol. The minimum absolute atomic E-state index is 0. The number of rotatable bonds is 7. The first-order chi connectivity index (χ1) is 12.1. The van der Waals surface area contributed by atoms with Crippen LogP contribution in [0.2, 0.25) is 0 Å². The van der Waals surface area contributed by atoms with Crippen LogP contribution in [0.15, 0.2) is 43.0 Å². The summed E-state index contributed by atoms with van der Waals surface area (Å²) in [6, 6.07) is 5.75. The minimum atomic E-state index is -0.107. The Bertz CT molecular complexity index is 823. The van der Waals surface area contributed by atoms with E-state index in [0.717, 1.165) is 28.5 Å². The van der Waals surface area contributed by atoms with Crippen LogP contribution >= 0.6 is 12.4 Å². The van der Waals surface area contributed by atoms with E-state index in [1.165, 1.54) is 0 Å². The average molecular weight is 378 g/mol. The van der Waals surface area contributed by atoms with Gasteiger partial charge in [0.2, 0.25) is 0 Å². The molecule has 0 saturated heterocycles. The van der Waals surface area contributed by atoms with Gasteiger partial charge in [0.1, 0.15) is 17.3 Å². The van der Waals surface area contributed by atoms with Crippen molar-refractivity contribution in [2.24, 2.45) is 14.1 Å². The van der Waals surface area contributed by atoms with Crippen molar-refractivity contribution in [2.45, 2.75) is 12.6 Å². The highest BCUT2D eigenvalue weighted by molar-refractivity contribution is 5.85. The fourth-order valence-corrected chi connectivity index (χ4v) is 2.79. The SMILES string of the molecule is COc1cc(OC)cc(C(NCc2cnn(C)c2)c2nccn2C)c1.Cl. The molecule has 0 amide bonds. The summed E-state index contributed by atoms with van der Waals surface area (Å²) in [5.74, 6) is 2.41. The third kappa shape index (κ3) is 4.36. The summed E-state index contributed by atoms with van der Waals surface area (Å²) in [5, 5.41) is 7.78. The van der Waals surface area contributed by atoms with Gasteiger partial charge in [-0.05, 0) is 17.7 Å². The summed E-state index contributed by atoms with van der Waals surface area (Å²) in [4.78, 5) is 4.52. The summed E-state index contributed by atoms with van der Waals surface area (Å²) in [6.07, 6.45) is 7.58. The van der Waals surface area contributed by atoms with E-state index < -0.39 is 0 Å². The van der Waals surface area contributed by atoms with Crippen LogP contribution in [-0.4, -0.2) is 33.6 Å². The Hall–Kier alpha value is -2.51. The highest BCUT2D eigenvalue weighted by Gasteiger charge is 2.20. The van der Waals surface area contributed by atoms with E-state index in [2.05, 4.69) is 15.4 Å². The first kappa shape index (κ1) is 19.8. The van der Waals surface area contributed by atoms with Crippen molar-refractivity contribution in [3.8, 4) is 11.5 Å². The standard InChI is InChI=1S/C18H23N5O2.ClH/c1-22-6-5-19-18(22)17(20-10-13-11-21-23(2)12-13)14-7-15(24-3)9-16(8-14)25-4;/h5-9,11-12,17,20H,10H2,1-4H3;1H. The fourth-order valence-electron chi connectivity index (χ4n) is 2.79. The molecule has 0 spiro atoms. The summed E-state index contributed by atoms with van der Waals surface area (Å²) in [6.45, 7) is 0.672. The fraction of sp³-hybridized carbons (Fsp3) is 0.333. The van der Waals surface area contributed by atoms with Crippen molar-refractivity contribution >= 4 is 12.4 Å². The van der Waals surface area contributed by atoms with Gasteiger partial charge >= 0.3 is 0 Å². The van der Waals surface area contributed by atoms with Gasteiger partial charge < -0.3 is 14.0 Å². The van der Waals surface area contributed by atoms with Crippen LogP contribution in [0, 0.1) is 0 Å². The van der Waals surface area contributed by atoms with Crippen LogP contribution in [-0.2, 0) is 20.6 Å². The van der Waals surface area contributed by atoms with Crippen LogP contribution in [0.5, 0.6) is 11.5 Å². The number of imidazole rings is 1. The lowest BCUT2D eigenvalue weighted by Gasteiger charge is -2.20. The molecule has 1 N–H and O–H groups in total. The predicted molar refractivity (Wildman–Crippen MR) is 102 cm³/mol. The number of aromatic nitrogens is 4. The van der Waals surface area contributed by atoms with Crippen molar-refractivity contribution in [1.29, 1.82) is 0 Å². The maximum absolute atomic E-state index is 5.41. The number of nitrogens with zero attached hydrogens (tertiary/aromatic N) is 4. The lowest BCUT2D eigenvalue weighted by molar-refractivity contribution is 0.392. The maximum atomic E-state index is 5.41. The van der Waals surface area contributed by atoms with Gasteiger partial charge in [0, 0.05) is 50.9 Å². The van der Waals surface area contributed by atoms with E-state index >= 15 is 0 Å². The molecule has 0 bridgehead atoms. The van der Waals surface area contributed by atoms with Crippen molar-refractivity contribution in [1.82, 2.24) is 24.6 Å². The van der Waals surface area contributed by atoms with Crippen molar-refractivity contribution < 1.29 is 9.47 Å². The summed E-state index contributed by atoms with van der Waals surface area (Å²) in [7, 11) is 7.19. The summed E-state index contributed by atoms with van der Waals surface area (Å²) >= 11 is 0. The first-order valence-electron chi connectivity index (χ1n) is 8.02. The third-order valence-electron chi connectivity index (χ3n) is 4.09. The van der Waals surface area contributed by atoms with E-state index in [0.29, 0.717) is 6.54 Å². The van der Waals surface area contributed by atoms with Crippen LogP contribution in [0.25, 0.3) is 0 Å². The molecule has 0 radical (unpaired) electrons. The zero-order valence-electron chi connectivity index (χ0n) is 15.3.